The third kappa shape index (κ3) is 3.64. The van der Waals surface area contributed by atoms with Crippen LogP contribution in [0.15, 0.2) is 36.5 Å². The van der Waals surface area contributed by atoms with Crippen LogP contribution in [0.1, 0.15) is 10.4 Å². The van der Waals surface area contributed by atoms with E-state index in [4.69, 9.17) is 4.74 Å². The molecule has 1 saturated heterocycles. The average Bonchev–Trinajstić information content (AvgIpc) is 3.00. The number of thiazole rings is 1. The van der Waals surface area contributed by atoms with Crippen molar-refractivity contribution in [2.24, 2.45) is 0 Å². The van der Waals surface area contributed by atoms with Gasteiger partial charge in [0.1, 0.15) is 0 Å². The zero-order chi connectivity index (χ0) is 15.4. The van der Waals surface area contributed by atoms with E-state index in [9.17, 15) is 4.79 Å². The van der Waals surface area contributed by atoms with Crippen molar-refractivity contribution < 1.29 is 9.53 Å². The van der Waals surface area contributed by atoms with E-state index in [1.165, 1.54) is 4.88 Å². The van der Waals surface area contributed by atoms with E-state index >= 15 is 0 Å². The lowest BCUT2D eigenvalue weighted by Crippen LogP contribution is -2.49. The molecule has 0 spiro atoms. The predicted octanol–water partition coefficient (Wildman–Crippen LogP) is 1.97. The smallest absolute Gasteiger partial charge is 0.251 e. The predicted molar refractivity (Wildman–Crippen MR) is 87.1 cm³/mol. The Kier molecular flexibility index (Phi) is 4.70. The number of ether oxygens (including phenoxy) is 1. The fourth-order valence-electron chi connectivity index (χ4n) is 2.37. The van der Waals surface area contributed by atoms with Crippen LogP contribution >= 0.6 is 11.3 Å². The summed E-state index contributed by atoms with van der Waals surface area (Å²) < 4.78 is 5.61. The minimum absolute atomic E-state index is 0.0677. The summed E-state index contributed by atoms with van der Waals surface area (Å²) in [5.74, 6) is -0.0677. The van der Waals surface area contributed by atoms with Gasteiger partial charge in [-0.1, -0.05) is 30.3 Å². The Morgan fingerprint density at radius 2 is 2.27 bits per heavy atom. The number of aromatic nitrogens is 1. The van der Waals surface area contributed by atoms with E-state index in [0.29, 0.717) is 19.7 Å². The SMILES string of the molecule is Cc1cnc(N2CCO[C@H](C(=O)NCc3ccccc3)C2)s1. The third-order valence-electron chi connectivity index (χ3n) is 3.55. The lowest BCUT2D eigenvalue weighted by Gasteiger charge is -2.31. The zero-order valence-corrected chi connectivity index (χ0v) is 13.3. The Bertz CT molecular complexity index is 629. The van der Waals surface area contributed by atoms with Crippen LogP contribution < -0.4 is 10.2 Å². The zero-order valence-electron chi connectivity index (χ0n) is 12.5. The van der Waals surface area contributed by atoms with Gasteiger partial charge in [-0.15, -0.1) is 11.3 Å². The molecule has 0 saturated carbocycles. The van der Waals surface area contributed by atoms with Gasteiger partial charge >= 0.3 is 0 Å². The van der Waals surface area contributed by atoms with Crippen molar-refractivity contribution in [2.75, 3.05) is 24.6 Å². The molecular weight excluding hydrogens is 298 g/mol. The number of morpholine rings is 1. The summed E-state index contributed by atoms with van der Waals surface area (Å²) in [6.45, 7) is 4.42. The highest BCUT2D eigenvalue weighted by Gasteiger charge is 2.27. The number of carbonyl (C=O) groups excluding carboxylic acids is 1. The van der Waals surface area contributed by atoms with Crippen LogP contribution in [0.5, 0.6) is 0 Å². The molecule has 2 heterocycles. The van der Waals surface area contributed by atoms with Gasteiger partial charge in [0.25, 0.3) is 5.91 Å². The second-order valence-electron chi connectivity index (χ2n) is 5.26. The molecule has 1 aromatic carbocycles. The molecule has 1 atom stereocenters. The standard InChI is InChI=1S/C16H19N3O2S/c1-12-9-18-16(22-12)19-7-8-21-14(11-19)15(20)17-10-13-5-3-2-4-6-13/h2-6,9,14H,7-8,10-11H2,1H3,(H,17,20)/t14-/m0/s1. The fraction of sp³-hybridized carbons (Fsp3) is 0.375. The van der Waals surface area contributed by atoms with Gasteiger partial charge in [-0.3, -0.25) is 4.79 Å². The molecule has 1 N–H and O–H groups in total. The molecule has 3 rings (SSSR count). The molecule has 0 aliphatic carbocycles. The van der Waals surface area contributed by atoms with Gasteiger partial charge in [0.15, 0.2) is 11.2 Å². The summed E-state index contributed by atoms with van der Waals surface area (Å²) in [5.41, 5.74) is 1.08. The van der Waals surface area contributed by atoms with Crippen LogP contribution in [0, 0.1) is 6.92 Å². The number of amides is 1. The lowest BCUT2D eigenvalue weighted by molar-refractivity contribution is -0.133. The number of nitrogens with one attached hydrogen (secondary N) is 1. The molecular formula is C16H19N3O2S. The Morgan fingerprint density at radius 1 is 1.45 bits per heavy atom. The number of aryl methyl sites for hydroxylation is 1. The first kappa shape index (κ1) is 15.0. The van der Waals surface area contributed by atoms with E-state index in [0.717, 1.165) is 17.2 Å². The summed E-state index contributed by atoms with van der Waals surface area (Å²) in [5, 5.41) is 3.90. The monoisotopic (exact) mass is 317 g/mol. The van der Waals surface area contributed by atoms with Gasteiger partial charge < -0.3 is 15.0 Å². The second kappa shape index (κ2) is 6.89. The number of anilines is 1. The minimum Gasteiger partial charge on any atom is -0.365 e. The summed E-state index contributed by atoms with van der Waals surface area (Å²) >= 11 is 1.65. The first-order valence-corrected chi connectivity index (χ1v) is 8.14. The quantitative estimate of drug-likeness (QED) is 0.937. The Hall–Kier alpha value is -1.92. The number of carbonyl (C=O) groups is 1. The van der Waals surface area contributed by atoms with Gasteiger partial charge in [0.05, 0.1) is 13.2 Å². The van der Waals surface area contributed by atoms with Crippen molar-refractivity contribution in [2.45, 2.75) is 19.6 Å². The third-order valence-corrected chi connectivity index (χ3v) is 4.52. The summed E-state index contributed by atoms with van der Waals surface area (Å²) in [4.78, 5) is 19.9. The molecule has 1 fully saturated rings. The molecule has 1 amide bonds. The van der Waals surface area contributed by atoms with Gasteiger partial charge in [-0.25, -0.2) is 4.98 Å². The van der Waals surface area contributed by atoms with Crippen LogP contribution in [0.2, 0.25) is 0 Å². The van der Waals surface area contributed by atoms with Crippen molar-refractivity contribution in [3.8, 4) is 0 Å². The van der Waals surface area contributed by atoms with Crippen molar-refractivity contribution in [3.05, 3.63) is 47.0 Å². The summed E-state index contributed by atoms with van der Waals surface area (Å²) in [6.07, 6.45) is 1.42. The van der Waals surface area contributed by atoms with Crippen LogP contribution in [0.4, 0.5) is 5.13 Å². The topological polar surface area (TPSA) is 54.5 Å². The van der Waals surface area contributed by atoms with Crippen molar-refractivity contribution in [1.82, 2.24) is 10.3 Å². The summed E-state index contributed by atoms with van der Waals surface area (Å²) in [6, 6.07) is 9.87. The maximum absolute atomic E-state index is 12.3. The molecule has 2 aromatic rings. The van der Waals surface area contributed by atoms with Crippen molar-refractivity contribution >= 4 is 22.4 Å². The van der Waals surface area contributed by atoms with Crippen molar-refractivity contribution in [3.63, 3.8) is 0 Å². The summed E-state index contributed by atoms with van der Waals surface area (Å²) in [7, 11) is 0. The van der Waals surface area contributed by atoms with Gasteiger partial charge in [-0.2, -0.15) is 0 Å². The fourth-order valence-corrected chi connectivity index (χ4v) is 3.16. The van der Waals surface area contributed by atoms with Gasteiger partial charge in [-0.05, 0) is 12.5 Å². The van der Waals surface area contributed by atoms with Crippen LogP contribution in [-0.4, -0.2) is 36.7 Å². The maximum Gasteiger partial charge on any atom is 0.251 e. The highest BCUT2D eigenvalue weighted by molar-refractivity contribution is 7.15. The first-order valence-electron chi connectivity index (χ1n) is 7.33. The number of benzene rings is 1. The van der Waals surface area contributed by atoms with Gasteiger partial charge in [0.2, 0.25) is 0 Å². The molecule has 0 bridgehead atoms. The molecule has 6 heteroatoms. The van der Waals surface area contributed by atoms with Crippen LogP contribution in [0.3, 0.4) is 0 Å². The molecule has 1 aliphatic heterocycles. The van der Waals surface area contributed by atoms with Crippen LogP contribution in [-0.2, 0) is 16.1 Å². The maximum atomic E-state index is 12.3. The number of hydrogen-bond donors (Lipinski definition) is 1. The molecule has 1 aromatic heterocycles. The number of hydrogen-bond acceptors (Lipinski definition) is 5. The minimum atomic E-state index is -0.443. The van der Waals surface area contributed by atoms with E-state index in [1.54, 1.807) is 11.3 Å². The first-order chi connectivity index (χ1) is 10.7. The van der Waals surface area contributed by atoms with E-state index in [-0.39, 0.29) is 5.91 Å². The molecule has 22 heavy (non-hydrogen) atoms. The number of nitrogens with zero attached hydrogens (tertiary/aromatic N) is 2. The second-order valence-corrected chi connectivity index (χ2v) is 6.48. The Morgan fingerprint density at radius 3 is 3.00 bits per heavy atom. The normalized spacial score (nSPS) is 18.2. The highest BCUT2D eigenvalue weighted by Crippen LogP contribution is 2.23. The molecule has 5 nitrogen and oxygen atoms in total. The number of rotatable bonds is 4. The molecule has 0 unspecified atom stereocenters. The molecule has 116 valence electrons. The largest absolute Gasteiger partial charge is 0.365 e. The Labute approximate surface area is 133 Å². The van der Waals surface area contributed by atoms with E-state index < -0.39 is 6.10 Å². The van der Waals surface area contributed by atoms with E-state index in [1.807, 2.05) is 43.5 Å². The van der Waals surface area contributed by atoms with Gasteiger partial charge in [0, 0.05) is 24.2 Å². The lowest BCUT2D eigenvalue weighted by atomic mass is 10.2. The average molecular weight is 317 g/mol. The Balaban J connectivity index is 1.56. The highest BCUT2D eigenvalue weighted by atomic mass is 32.1. The molecule has 1 aliphatic rings. The van der Waals surface area contributed by atoms with E-state index in [2.05, 4.69) is 15.2 Å². The van der Waals surface area contributed by atoms with Crippen molar-refractivity contribution in [1.29, 1.82) is 0 Å². The molecule has 0 radical (unpaired) electrons. The van der Waals surface area contributed by atoms with Crippen LogP contribution in [0.25, 0.3) is 0 Å².